The van der Waals surface area contributed by atoms with E-state index in [1.807, 2.05) is 0 Å². The molecule has 0 aliphatic heterocycles. The molecule has 0 nitrogen and oxygen atoms in total. The first kappa shape index (κ1) is 16.9. The van der Waals surface area contributed by atoms with Gasteiger partial charge < -0.3 is 0 Å². The van der Waals surface area contributed by atoms with Gasteiger partial charge in [-0.1, -0.05) is 90.1 Å². The van der Waals surface area contributed by atoms with Gasteiger partial charge in [-0.05, 0) is 63.2 Å². The highest BCUT2D eigenvalue weighted by atomic mass is 14.5. The molecule has 0 saturated carbocycles. The highest BCUT2D eigenvalue weighted by Crippen LogP contribution is 2.62. The predicted molar refractivity (Wildman–Crippen MR) is 107 cm³/mol. The highest BCUT2D eigenvalue weighted by molar-refractivity contribution is 5.47. The molecule has 0 heteroatoms. The van der Waals surface area contributed by atoms with Gasteiger partial charge in [-0.25, -0.2) is 0 Å². The Morgan fingerprint density at radius 1 is 0.680 bits per heavy atom. The standard InChI is InChI=1S/C25H32/c1-23(2)15-21(17-11-7-9-13-19(17)23)25(5,6)22-16-24(3,4)20-14-10-8-12-18(20)22/h7-14,21-22H,15-16H2,1-6H3. The lowest BCUT2D eigenvalue weighted by Crippen LogP contribution is -2.29. The summed E-state index contributed by atoms with van der Waals surface area (Å²) in [5.74, 6) is 1.26. The minimum absolute atomic E-state index is 0.258. The van der Waals surface area contributed by atoms with E-state index in [1.165, 1.54) is 12.8 Å². The molecule has 0 spiro atoms. The van der Waals surface area contributed by atoms with Crippen LogP contribution in [-0.2, 0) is 10.8 Å². The minimum Gasteiger partial charge on any atom is -0.0620 e. The molecule has 2 unspecified atom stereocenters. The van der Waals surface area contributed by atoms with Gasteiger partial charge in [0.05, 0.1) is 0 Å². The molecule has 4 rings (SSSR count). The van der Waals surface area contributed by atoms with Crippen molar-refractivity contribution in [3.05, 3.63) is 70.8 Å². The molecule has 132 valence electrons. The second kappa shape index (κ2) is 5.22. The molecule has 0 radical (unpaired) electrons. The van der Waals surface area contributed by atoms with Gasteiger partial charge in [-0.15, -0.1) is 0 Å². The topological polar surface area (TPSA) is 0 Å². The highest BCUT2D eigenvalue weighted by Gasteiger charge is 2.51. The molecule has 2 aromatic carbocycles. The van der Waals surface area contributed by atoms with Crippen LogP contribution >= 0.6 is 0 Å². The molecule has 2 atom stereocenters. The van der Waals surface area contributed by atoms with E-state index < -0.39 is 0 Å². The van der Waals surface area contributed by atoms with Gasteiger partial charge in [-0.3, -0.25) is 0 Å². The fraction of sp³-hybridized carbons (Fsp3) is 0.520. The molecular weight excluding hydrogens is 300 g/mol. The van der Waals surface area contributed by atoms with Crippen molar-refractivity contribution in [3.8, 4) is 0 Å². The van der Waals surface area contributed by atoms with Crippen LogP contribution in [0, 0.1) is 5.41 Å². The third-order valence-corrected chi connectivity index (χ3v) is 7.36. The molecule has 0 fully saturated rings. The molecule has 25 heavy (non-hydrogen) atoms. The number of hydrogen-bond acceptors (Lipinski definition) is 0. The van der Waals surface area contributed by atoms with E-state index in [2.05, 4.69) is 90.1 Å². The Morgan fingerprint density at radius 3 is 1.44 bits per heavy atom. The summed E-state index contributed by atoms with van der Waals surface area (Å²) in [6, 6.07) is 18.4. The van der Waals surface area contributed by atoms with Gasteiger partial charge in [0.2, 0.25) is 0 Å². The first-order valence-corrected chi connectivity index (χ1v) is 9.83. The lowest BCUT2D eigenvalue weighted by molar-refractivity contribution is 0.193. The Kier molecular flexibility index (Phi) is 3.53. The second-order valence-electron chi connectivity index (χ2n) is 10.3. The summed E-state index contributed by atoms with van der Waals surface area (Å²) < 4.78 is 0. The Morgan fingerprint density at radius 2 is 1.04 bits per heavy atom. The van der Waals surface area contributed by atoms with E-state index in [4.69, 9.17) is 0 Å². The third-order valence-electron chi connectivity index (χ3n) is 7.36. The summed E-state index contributed by atoms with van der Waals surface area (Å²) in [5.41, 5.74) is 7.16. The maximum Gasteiger partial charge on any atom is -0.00936 e. The number of benzene rings is 2. The van der Waals surface area contributed by atoms with Crippen molar-refractivity contribution in [2.75, 3.05) is 0 Å². The van der Waals surface area contributed by atoms with Gasteiger partial charge in [0, 0.05) is 0 Å². The number of fused-ring (bicyclic) bond motifs is 2. The van der Waals surface area contributed by atoms with Crippen LogP contribution in [0.15, 0.2) is 48.5 Å². The van der Waals surface area contributed by atoms with E-state index in [9.17, 15) is 0 Å². The van der Waals surface area contributed by atoms with Gasteiger partial charge in [-0.2, -0.15) is 0 Å². The van der Waals surface area contributed by atoms with Crippen LogP contribution in [0.4, 0.5) is 0 Å². The smallest absolute Gasteiger partial charge is 0.00936 e. The second-order valence-corrected chi connectivity index (χ2v) is 10.3. The average Bonchev–Trinajstić information content (AvgIpc) is 3.01. The Balaban J connectivity index is 1.80. The van der Waals surface area contributed by atoms with Gasteiger partial charge in [0.25, 0.3) is 0 Å². The van der Waals surface area contributed by atoms with Gasteiger partial charge >= 0.3 is 0 Å². The van der Waals surface area contributed by atoms with Crippen LogP contribution in [0.5, 0.6) is 0 Å². The van der Waals surface area contributed by atoms with E-state index >= 15 is 0 Å². The Hall–Kier alpha value is -1.56. The molecule has 2 aromatic rings. The lowest BCUT2D eigenvalue weighted by atomic mass is 9.64. The van der Waals surface area contributed by atoms with E-state index in [-0.39, 0.29) is 16.2 Å². The fourth-order valence-corrected chi connectivity index (χ4v) is 5.87. The molecular formula is C25H32. The molecule has 0 saturated heterocycles. The van der Waals surface area contributed by atoms with Crippen molar-refractivity contribution >= 4 is 0 Å². The molecule has 0 N–H and O–H groups in total. The van der Waals surface area contributed by atoms with E-state index in [0.29, 0.717) is 11.8 Å². The Bertz CT molecular complexity index is 739. The normalized spacial score (nSPS) is 26.3. The van der Waals surface area contributed by atoms with E-state index in [1.54, 1.807) is 22.3 Å². The van der Waals surface area contributed by atoms with Crippen molar-refractivity contribution in [3.63, 3.8) is 0 Å². The van der Waals surface area contributed by atoms with Crippen LogP contribution in [0.2, 0.25) is 0 Å². The SMILES string of the molecule is CC1(C)CC(C(C)(C)C2CC(C)(C)c3ccccc32)c2ccccc21. The van der Waals surface area contributed by atoms with Crippen molar-refractivity contribution in [2.45, 2.75) is 77.0 Å². The molecule has 2 aliphatic rings. The quantitative estimate of drug-likeness (QED) is 0.558. The molecule has 0 bridgehead atoms. The lowest BCUT2D eigenvalue weighted by Gasteiger charge is -2.40. The zero-order valence-corrected chi connectivity index (χ0v) is 16.7. The van der Waals surface area contributed by atoms with Crippen molar-refractivity contribution in [2.24, 2.45) is 5.41 Å². The average molecular weight is 333 g/mol. The maximum atomic E-state index is 2.53. The van der Waals surface area contributed by atoms with Crippen LogP contribution in [0.1, 0.15) is 88.5 Å². The zero-order valence-electron chi connectivity index (χ0n) is 16.7. The first-order valence-electron chi connectivity index (χ1n) is 9.83. The molecule has 0 amide bonds. The number of hydrogen-bond donors (Lipinski definition) is 0. The fourth-order valence-electron chi connectivity index (χ4n) is 5.87. The third kappa shape index (κ3) is 2.40. The van der Waals surface area contributed by atoms with E-state index in [0.717, 1.165) is 0 Å². The minimum atomic E-state index is 0.258. The van der Waals surface area contributed by atoms with Crippen molar-refractivity contribution < 1.29 is 0 Å². The molecule has 2 aliphatic carbocycles. The monoisotopic (exact) mass is 332 g/mol. The predicted octanol–water partition coefficient (Wildman–Crippen LogP) is 6.94. The van der Waals surface area contributed by atoms with Crippen molar-refractivity contribution in [1.29, 1.82) is 0 Å². The summed E-state index contributed by atoms with van der Waals surface area (Å²) in [6.45, 7) is 14.8. The van der Waals surface area contributed by atoms with Crippen molar-refractivity contribution in [1.82, 2.24) is 0 Å². The Labute approximate surface area is 153 Å². The van der Waals surface area contributed by atoms with Crippen LogP contribution in [0.3, 0.4) is 0 Å². The van der Waals surface area contributed by atoms with Gasteiger partial charge in [0.1, 0.15) is 0 Å². The summed E-state index contributed by atoms with van der Waals surface area (Å²) in [6.07, 6.45) is 2.52. The summed E-state index contributed by atoms with van der Waals surface area (Å²) in [4.78, 5) is 0. The van der Waals surface area contributed by atoms with Crippen LogP contribution < -0.4 is 0 Å². The summed E-state index contributed by atoms with van der Waals surface area (Å²) in [5, 5.41) is 0. The van der Waals surface area contributed by atoms with Crippen LogP contribution in [-0.4, -0.2) is 0 Å². The molecule has 0 aromatic heterocycles. The maximum absolute atomic E-state index is 2.53. The van der Waals surface area contributed by atoms with Gasteiger partial charge in [0.15, 0.2) is 0 Å². The summed E-state index contributed by atoms with van der Waals surface area (Å²) >= 11 is 0. The largest absolute Gasteiger partial charge is 0.0620 e. The molecule has 0 heterocycles. The zero-order chi connectivity index (χ0) is 18.0. The first-order chi connectivity index (χ1) is 11.6. The number of rotatable bonds is 2. The van der Waals surface area contributed by atoms with Crippen LogP contribution in [0.25, 0.3) is 0 Å². The summed E-state index contributed by atoms with van der Waals surface area (Å²) in [7, 11) is 0.